The number of amides is 1. The second kappa shape index (κ2) is 8.83. The van der Waals surface area contributed by atoms with Crippen LogP contribution in [0.2, 0.25) is 0 Å². The highest BCUT2D eigenvalue weighted by molar-refractivity contribution is 7.89. The smallest absolute Gasteiger partial charge is 0.243 e. The summed E-state index contributed by atoms with van der Waals surface area (Å²) in [6, 6.07) is 4.82. The summed E-state index contributed by atoms with van der Waals surface area (Å²) in [5.74, 6) is -0.236. The maximum atomic E-state index is 12.8. The number of carbonyl (C=O) groups excluding carboxylic acids is 1. The van der Waals surface area contributed by atoms with Gasteiger partial charge in [0.1, 0.15) is 0 Å². The van der Waals surface area contributed by atoms with Crippen LogP contribution in [0.25, 0.3) is 0 Å². The van der Waals surface area contributed by atoms with E-state index in [1.807, 2.05) is 0 Å². The lowest BCUT2D eigenvalue weighted by Crippen LogP contribution is -2.34. The molecule has 8 heteroatoms. The second-order valence-electron chi connectivity index (χ2n) is 6.66. The van der Waals surface area contributed by atoms with E-state index < -0.39 is 10.0 Å². The molecule has 2 unspecified atom stereocenters. The minimum absolute atomic E-state index is 0.0534. The van der Waals surface area contributed by atoms with Gasteiger partial charge in [0.2, 0.25) is 15.9 Å². The summed E-state index contributed by atoms with van der Waals surface area (Å²) < 4.78 is 26.9. The van der Waals surface area contributed by atoms with Crippen LogP contribution in [0.1, 0.15) is 39.5 Å². The highest BCUT2D eigenvalue weighted by Crippen LogP contribution is 2.29. The molecule has 0 saturated heterocycles. The van der Waals surface area contributed by atoms with Gasteiger partial charge >= 0.3 is 0 Å². The molecule has 146 valence electrons. The van der Waals surface area contributed by atoms with Gasteiger partial charge in [-0.2, -0.15) is 4.31 Å². The van der Waals surface area contributed by atoms with Gasteiger partial charge in [0.15, 0.2) is 0 Å². The zero-order valence-electron chi connectivity index (χ0n) is 15.8. The number of carbonyl (C=O) groups is 1. The minimum atomic E-state index is -3.58. The molecule has 0 aromatic heterocycles. The van der Waals surface area contributed by atoms with Gasteiger partial charge in [0.05, 0.1) is 16.3 Å². The quantitative estimate of drug-likeness (QED) is 0.671. The van der Waals surface area contributed by atoms with E-state index in [0.29, 0.717) is 30.9 Å². The summed E-state index contributed by atoms with van der Waals surface area (Å²) in [4.78, 5) is 12.8. The third-order valence-electron chi connectivity index (χ3n) is 4.95. The average molecular weight is 383 g/mol. The van der Waals surface area contributed by atoms with E-state index >= 15 is 0 Å². The van der Waals surface area contributed by atoms with Gasteiger partial charge in [-0.05, 0) is 37.5 Å². The topological polar surface area (TPSA) is 105 Å². The summed E-state index contributed by atoms with van der Waals surface area (Å²) in [6.07, 6.45) is 3.36. The average Bonchev–Trinajstić information content (AvgIpc) is 2.62. The molecule has 2 rings (SSSR count). The highest BCUT2D eigenvalue weighted by Gasteiger charge is 2.27. The summed E-state index contributed by atoms with van der Waals surface area (Å²) in [5, 5.41) is 5.90. The van der Waals surface area contributed by atoms with Crippen LogP contribution in [0.15, 0.2) is 23.1 Å². The largest absolute Gasteiger partial charge is 0.386 e. The maximum absolute atomic E-state index is 12.8. The van der Waals surface area contributed by atoms with Crippen molar-refractivity contribution in [2.75, 3.05) is 30.8 Å². The SMILES string of the molecule is CCN(CC)S(=O)(=O)c1ccc(NC)c(NC(=O)C2CCCC(N)C2)c1. The van der Waals surface area contributed by atoms with Crippen LogP contribution < -0.4 is 16.4 Å². The Labute approximate surface area is 156 Å². The van der Waals surface area contributed by atoms with Gasteiger partial charge in [-0.25, -0.2) is 8.42 Å². The van der Waals surface area contributed by atoms with Crippen LogP contribution >= 0.6 is 0 Å². The molecule has 1 aromatic carbocycles. The van der Waals surface area contributed by atoms with Crippen LogP contribution in [0, 0.1) is 5.92 Å². The number of nitrogens with two attached hydrogens (primary N) is 1. The van der Waals surface area contributed by atoms with Crippen molar-refractivity contribution in [1.29, 1.82) is 0 Å². The molecule has 0 bridgehead atoms. The Balaban J connectivity index is 2.28. The van der Waals surface area contributed by atoms with Gasteiger partial charge in [-0.15, -0.1) is 0 Å². The molecular weight excluding hydrogens is 352 g/mol. The maximum Gasteiger partial charge on any atom is 0.243 e. The van der Waals surface area contributed by atoms with E-state index in [0.717, 1.165) is 19.3 Å². The summed E-state index contributed by atoms with van der Waals surface area (Å²) in [6.45, 7) is 4.40. The van der Waals surface area contributed by atoms with Crippen molar-refractivity contribution in [1.82, 2.24) is 4.31 Å². The Hall–Kier alpha value is -1.64. The molecule has 26 heavy (non-hydrogen) atoms. The molecule has 0 radical (unpaired) electrons. The molecule has 1 aliphatic rings. The van der Waals surface area contributed by atoms with Crippen LogP contribution in [0.4, 0.5) is 11.4 Å². The number of rotatable bonds is 7. The number of nitrogens with zero attached hydrogens (tertiary/aromatic N) is 1. The molecule has 1 aromatic rings. The van der Waals surface area contributed by atoms with E-state index in [1.165, 1.54) is 10.4 Å². The van der Waals surface area contributed by atoms with Crippen molar-refractivity contribution >= 4 is 27.3 Å². The van der Waals surface area contributed by atoms with Gasteiger partial charge in [0.25, 0.3) is 0 Å². The van der Waals surface area contributed by atoms with Crippen molar-refractivity contribution < 1.29 is 13.2 Å². The molecule has 1 amide bonds. The first kappa shape index (κ1) is 20.7. The number of hydrogen-bond donors (Lipinski definition) is 3. The fourth-order valence-corrected chi connectivity index (χ4v) is 4.90. The highest BCUT2D eigenvalue weighted by atomic mass is 32.2. The first-order valence-electron chi connectivity index (χ1n) is 9.21. The Bertz CT molecular complexity index is 732. The molecule has 0 aliphatic heterocycles. The van der Waals surface area contributed by atoms with Crippen LogP contribution in [-0.4, -0.2) is 44.8 Å². The summed E-state index contributed by atoms with van der Waals surface area (Å²) in [5.41, 5.74) is 7.13. The number of hydrogen-bond acceptors (Lipinski definition) is 5. The lowest BCUT2D eigenvalue weighted by Gasteiger charge is -2.26. The van der Waals surface area contributed by atoms with E-state index in [1.54, 1.807) is 33.0 Å². The zero-order chi connectivity index (χ0) is 19.3. The predicted octanol–water partition coefficient (Wildman–Crippen LogP) is 2.21. The standard InChI is InChI=1S/C18H30N4O3S/c1-4-22(5-2)26(24,25)15-9-10-16(20-3)17(12-15)21-18(23)13-7-6-8-14(19)11-13/h9-10,12-14,20H,4-8,11,19H2,1-3H3,(H,21,23). The van der Waals surface area contributed by atoms with Gasteiger partial charge in [-0.1, -0.05) is 20.3 Å². The van der Waals surface area contributed by atoms with Crippen LogP contribution in [-0.2, 0) is 14.8 Å². The molecular formula is C18H30N4O3S. The Morgan fingerprint density at radius 2 is 1.92 bits per heavy atom. The molecule has 1 fully saturated rings. The zero-order valence-corrected chi connectivity index (χ0v) is 16.6. The lowest BCUT2D eigenvalue weighted by molar-refractivity contribution is -0.120. The third kappa shape index (κ3) is 4.55. The number of sulfonamides is 1. The van der Waals surface area contributed by atoms with E-state index in [2.05, 4.69) is 10.6 Å². The van der Waals surface area contributed by atoms with Crippen molar-refractivity contribution in [3.8, 4) is 0 Å². The molecule has 1 saturated carbocycles. The van der Waals surface area contributed by atoms with Crippen molar-refractivity contribution in [3.05, 3.63) is 18.2 Å². The molecule has 7 nitrogen and oxygen atoms in total. The molecule has 4 N–H and O–H groups in total. The van der Waals surface area contributed by atoms with Crippen molar-refractivity contribution in [2.24, 2.45) is 11.7 Å². The second-order valence-corrected chi connectivity index (χ2v) is 8.60. The Morgan fingerprint density at radius 1 is 1.23 bits per heavy atom. The fraction of sp³-hybridized carbons (Fsp3) is 0.611. The molecule has 0 heterocycles. The number of benzene rings is 1. The van der Waals surface area contributed by atoms with E-state index in [-0.39, 0.29) is 22.8 Å². The first-order chi connectivity index (χ1) is 12.3. The van der Waals surface area contributed by atoms with Gasteiger partial charge in [0, 0.05) is 32.1 Å². The van der Waals surface area contributed by atoms with Gasteiger partial charge < -0.3 is 16.4 Å². The molecule has 0 spiro atoms. The van der Waals surface area contributed by atoms with Gasteiger partial charge in [-0.3, -0.25) is 4.79 Å². The molecule has 2 atom stereocenters. The Morgan fingerprint density at radius 3 is 2.50 bits per heavy atom. The van der Waals surface area contributed by atoms with E-state index in [9.17, 15) is 13.2 Å². The predicted molar refractivity (Wildman–Crippen MR) is 105 cm³/mol. The molecule has 1 aliphatic carbocycles. The van der Waals surface area contributed by atoms with Crippen molar-refractivity contribution in [3.63, 3.8) is 0 Å². The summed E-state index contributed by atoms with van der Waals surface area (Å²) >= 11 is 0. The van der Waals surface area contributed by atoms with E-state index in [4.69, 9.17) is 5.73 Å². The normalized spacial score (nSPS) is 20.8. The lowest BCUT2D eigenvalue weighted by atomic mass is 9.85. The first-order valence-corrected chi connectivity index (χ1v) is 10.7. The monoisotopic (exact) mass is 382 g/mol. The van der Waals surface area contributed by atoms with Crippen molar-refractivity contribution in [2.45, 2.75) is 50.5 Å². The van der Waals surface area contributed by atoms with Crippen LogP contribution in [0.3, 0.4) is 0 Å². The van der Waals surface area contributed by atoms with Crippen LogP contribution in [0.5, 0.6) is 0 Å². The third-order valence-corrected chi connectivity index (χ3v) is 6.99. The number of nitrogens with one attached hydrogen (secondary N) is 2. The summed E-state index contributed by atoms with van der Waals surface area (Å²) in [7, 11) is -1.85. The Kier molecular flexibility index (Phi) is 7.02. The minimum Gasteiger partial charge on any atom is -0.386 e. The fourth-order valence-electron chi connectivity index (χ4n) is 3.42. The number of anilines is 2.